The van der Waals surface area contributed by atoms with Gasteiger partial charge in [0.25, 0.3) is 7.52 Å². The Bertz CT molecular complexity index is 549. The van der Waals surface area contributed by atoms with E-state index in [0.717, 1.165) is 5.56 Å². The van der Waals surface area contributed by atoms with Gasteiger partial charge in [-0.25, -0.2) is 5.09 Å². The first kappa shape index (κ1) is 18.4. The predicted octanol–water partition coefficient (Wildman–Crippen LogP) is 0.984. The fraction of sp³-hybridized carbons (Fsp3) is 0.429. The van der Waals surface area contributed by atoms with E-state index >= 15 is 0 Å². The van der Waals surface area contributed by atoms with Crippen LogP contribution in [0.1, 0.15) is 18.9 Å². The molecule has 1 rings (SSSR count). The Morgan fingerprint density at radius 2 is 1.91 bits per heavy atom. The number of aryl methyl sites for hydroxylation is 1. The van der Waals surface area contributed by atoms with Crippen molar-refractivity contribution in [2.75, 3.05) is 12.7 Å². The molecule has 2 atom stereocenters. The molecule has 0 aliphatic heterocycles. The molecule has 0 aliphatic carbocycles. The minimum absolute atomic E-state index is 0.0140. The van der Waals surface area contributed by atoms with Crippen LogP contribution in [0.3, 0.4) is 0 Å². The molecule has 8 heteroatoms. The summed E-state index contributed by atoms with van der Waals surface area (Å²) in [5, 5.41) is 13.3. The normalized spacial score (nSPS) is 14.8. The van der Waals surface area contributed by atoms with Crippen molar-refractivity contribution >= 4 is 19.4 Å². The van der Waals surface area contributed by atoms with E-state index in [0.29, 0.717) is 6.42 Å². The average Bonchev–Trinajstić information content (AvgIpc) is 2.45. The molecule has 0 radical (unpaired) electrons. The lowest BCUT2D eigenvalue weighted by atomic mass is 10.2. The van der Waals surface area contributed by atoms with Crippen molar-refractivity contribution < 1.29 is 24.2 Å². The molecule has 1 aromatic carbocycles. The molecule has 122 valence electrons. The van der Waals surface area contributed by atoms with Gasteiger partial charge in [0, 0.05) is 12.7 Å². The third-order valence-electron chi connectivity index (χ3n) is 2.97. The number of rotatable bonds is 9. The molecule has 0 aliphatic rings. The summed E-state index contributed by atoms with van der Waals surface area (Å²) in [6.45, 7) is 1.45. The molecule has 0 heterocycles. The van der Waals surface area contributed by atoms with E-state index in [1.807, 2.05) is 30.3 Å². The summed E-state index contributed by atoms with van der Waals surface area (Å²) in [5.74, 6) is -1.52. The summed E-state index contributed by atoms with van der Waals surface area (Å²) < 4.78 is 12.1. The molecular weight excluding hydrogens is 307 g/mol. The van der Waals surface area contributed by atoms with Gasteiger partial charge in [-0.15, -0.1) is 0 Å². The molecular formula is C14H21N2O5P. The first-order chi connectivity index (χ1) is 10.3. The van der Waals surface area contributed by atoms with Gasteiger partial charge in [-0.05, 0) is 18.9 Å². The molecule has 7 nitrogen and oxygen atoms in total. The lowest BCUT2D eigenvalue weighted by Gasteiger charge is -2.18. The highest BCUT2D eigenvalue weighted by atomic mass is 31.2. The van der Waals surface area contributed by atoms with Crippen LogP contribution in [0.5, 0.6) is 0 Å². The summed E-state index contributed by atoms with van der Waals surface area (Å²) in [7, 11) is -3.65. The summed E-state index contributed by atoms with van der Waals surface area (Å²) in [5.41, 5.74) is 0.942. The number of hydrogen-bond acceptors (Lipinski definition) is 3. The van der Waals surface area contributed by atoms with Gasteiger partial charge in [-0.2, -0.15) is 0 Å². The number of hydrogen-bond donors (Lipinski definition) is 4. The van der Waals surface area contributed by atoms with Crippen LogP contribution in [-0.4, -0.2) is 40.6 Å². The van der Waals surface area contributed by atoms with Crippen LogP contribution in [0.4, 0.5) is 0 Å². The Morgan fingerprint density at radius 3 is 2.50 bits per heavy atom. The van der Waals surface area contributed by atoms with Crippen LogP contribution in [0, 0.1) is 0 Å². The maximum atomic E-state index is 12.1. The number of aliphatic carboxylic acids is 1. The standard InChI is InChI=1S/C14H21N2O5P/c1-11(14(19)15-9-7-13(17)18)16-22(20,21)10-8-12-5-3-2-4-6-12/h2-6,11H,7-10H2,1H3,(H,15,19)(H,17,18)(H2,16,20,21). The van der Waals surface area contributed by atoms with Gasteiger partial charge < -0.3 is 15.3 Å². The summed E-state index contributed by atoms with van der Waals surface area (Å²) in [6.07, 6.45) is 0.252. The molecule has 0 fully saturated rings. The molecule has 4 N–H and O–H groups in total. The summed E-state index contributed by atoms with van der Waals surface area (Å²) in [6, 6.07) is 8.42. The molecule has 2 unspecified atom stereocenters. The van der Waals surface area contributed by atoms with E-state index in [4.69, 9.17) is 5.11 Å². The van der Waals surface area contributed by atoms with Gasteiger partial charge in [0.1, 0.15) is 0 Å². The SMILES string of the molecule is CC(NP(=O)(O)CCc1ccccc1)C(=O)NCCC(=O)O. The second-order valence-electron chi connectivity index (χ2n) is 4.95. The zero-order valence-corrected chi connectivity index (χ0v) is 13.3. The molecule has 0 saturated carbocycles. The Hall–Kier alpha value is -1.69. The Labute approximate surface area is 129 Å². The number of carbonyl (C=O) groups is 2. The first-order valence-electron chi connectivity index (χ1n) is 6.93. The van der Waals surface area contributed by atoms with Crippen LogP contribution in [-0.2, 0) is 20.6 Å². The highest BCUT2D eigenvalue weighted by molar-refractivity contribution is 7.55. The Balaban J connectivity index is 2.40. The van der Waals surface area contributed by atoms with E-state index in [1.165, 1.54) is 6.92 Å². The van der Waals surface area contributed by atoms with Crippen molar-refractivity contribution in [3.63, 3.8) is 0 Å². The molecule has 1 amide bonds. The number of carbonyl (C=O) groups excluding carboxylic acids is 1. The van der Waals surface area contributed by atoms with E-state index in [9.17, 15) is 19.0 Å². The van der Waals surface area contributed by atoms with Crippen molar-refractivity contribution in [3.05, 3.63) is 35.9 Å². The van der Waals surface area contributed by atoms with Crippen LogP contribution < -0.4 is 10.4 Å². The van der Waals surface area contributed by atoms with Crippen molar-refractivity contribution in [2.24, 2.45) is 0 Å². The predicted molar refractivity (Wildman–Crippen MR) is 82.7 cm³/mol. The number of carboxylic acid groups (broad SMARTS) is 1. The third-order valence-corrected chi connectivity index (χ3v) is 4.59. The topological polar surface area (TPSA) is 116 Å². The van der Waals surface area contributed by atoms with E-state index in [1.54, 1.807) is 0 Å². The van der Waals surface area contributed by atoms with Crippen molar-refractivity contribution in [1.82, 2.24) is 10.4 Å². The zero-order valence-electron chi connectivity index (χ0n) is 12.4. The third kappa shape index (κ3) is 7.36. The van der Waals surface area contributed by atoms with Crippen molar-refractivity contribution in [2.45, 2.75) is 25.8 Å². The highest BCUT2D eigenvalue weighted by Gasteiger charge is 2.24. The smallest absolute Gasteiger partial charge is 0.305 e. The molecule has 0 spiro atoms. The lowest BCUT2D eigenvalue weighted by Crippen LogP contribution is -2.41. The fourth-order valence-electron chi connectivity index (χ4n) is 1.80. The average molecular weight is 328 g/mol. The molecule has 1 aromatic rings. The largest absolute Gasteiger partial charge is 0.481 e. The summed E-state index contributed by atoms with van der Waals surface area (Å²) in [4.78, 5) is 31.9. The first-order valence-corrected chi connectivity index (χ1v) is 8.78. The van der Waals surface area contributed by atoms with E-state index < -0.39 is 25.4 Å². The molecule has 0 saturated heterocycles. The van der Waals surface area contributed by atoms with Crippen LogP contribution in [0.2, 0.25) is 0 Å². The minimum Gasteiger partial charge on any atom is -0.481 e. The van der Waals surface area contributed by atoms with E-state index in [2.05, 4.69) is 10.4 Å². The van der Waals surface area contributed by atoms with Gasteiger partial charge in [0.2, 0.25) is 5.91 Å². The Kier molecular flexibility index (Phi) is 7.24. The summed E-state index contributed by atoms with van der Waals surface area (Å²) >= 11 is 0. The number of carboxylic acids is 1. The Morgan fingerprint density at radius 1 is 1.27 bits per heavy atom. The van der Waals surface area contributed by atoms with Gasteiger partial charge in [0.05, 0.1) is 12.5 Å². The minimum atomic E-state index is -3.65. The van der Waals surface area contributed by atoms with Gasteiger partial charge in [-0.1, -0.05) is 30.3 Å². The second kappa shape index (κ2) is 8.68. The van der Waals surface area contributed by atoms with Crippen LogP contribution >= 0.6 is 7.52 Å². The van der Waals surface area contributed by atoms with Crippen molar-refractivity contribution in [3.8, 4) is 0 Å². The number of nitrogens with one attached hydrogen (secondary N) is 2. The molecule has 22 heavy (non-hydrogen) atoms. The fourth-order valence-corrected chi connectivity index (χ4v) is 3.21. The molecule has 0 aromatic heterocycles. The quantitative estimate of drug-likeness (QED) is 0.502. The van der Waals surface area contributed by atoms with E-state index in [-0.39, 0.29) is 19.1 Å². The maximum absolute atomic E-state index is 12.1. The highest BCUT2D eigenvalue weighted by Crippen LogP contribution is 2.36. The maximum Gasteiger partial charge on any atom is 0.305 e. The number of amides is 1. The van der Waals surface area contributed by atoms with Crippen LogP contribution in [0.25, 0.3) is 0 Å². The monoisotopic (exact) mass is 328 g/mol. The van der Waals surface area contributed by atoms with Crippen molar-refractivity contribution in [1.29, 1.82) is 0 Å². The second-order valence-corrected chi connectivity index (χ2v) is 7.05. The van der Waals surface area contributed by atoms with Crippen LogP contribution in [0.15, 0.2) is 30.3 Å². The van der Waals surface area contributed by atoms with Gasteiger partial charge in [-0.3, -0.25) is 14.2 Å². The zero-order chi connectivity index (χ0) is 16.6. The van der Waals surface area contributed by atoms with Gasteiger partial charge >= 0.3 is 5.97 Å². The van der Waals surface area contributed by atoms with Gasteiger partial charge in [0.15, 0.2) is 0 Å². The number of benzene rings is 1. The lowest BCUT2D eigenvalue weighted by molar-refractivity contribution is -0.137. The molecule has 0 bridgehead atoms.